The SMILES string of the molecule is CSc1cnc(CCC(C)(C)CCc2nc3ccccc3o2)nc1.CSc1cnc(CCC(C)(C)CN)nc1.CSc1cnc(CCC(C)(C)CNC(=O)OC(C)(C)C)nc1.CSc1cnc(Cl)nc1.Cl. The second-order valence-corrected chi connectivity index (χ2v) is 23.5. The molecule has 0 saturated heterocycles. The third kappa shape index (κ3) is 26.7. The van der Waals surface area contributed by atoms with E-state index in [0.29, 0.717) is 18.4 Å². The number of carbonyl (C=O) groups is 1. The Morgan fingerprint density at radius 1 is 0.592 bits per heavy atom. The Labute approximate surface area is 450 Å². The number of carbonyl (C=O) groups excluding carboxylic acids is 1. The van der Waals surface area contributed by atoms with Gasteiger partial charge in [-0.2, -0.15) is 0 Å². The Balaban J connectivity index is 0.000000340. The van der Waals surface area contributed by atoms with Crippen molar-refractivity contribution in [2.75, 3.05) is 38.1 Å². The van der Waals surface area contributed by atoms with Crippen molar-refractivity contribution in [1.82, 2.24) is 50.2 Å². The van der Waals surface area contributed by atoms with Crippen LogP contribution in [0.2, 0.25) is 5.28 Å². The number of hydrogen-bond donors (Lipinski definition) is 2. The third-order valence-corrected chi connectivity index (χ3v) is 13.6. The van der Waals surface area contributed by atoms with Crippen molar-refractivity contribution in [2.24, 2.45) is 22.0 Å². The number of nitrogens with zero attached hydrogens (tertiary/aromatic N) is 9. The summed E-state index contributed by atoms with van der Waals surface area (Å²) in [5.74, 6) is 3.49. The first-order valence-electron chi connectivity index (χ1n) is 23.1. The fourth-order valence-electron chi connectivity index (χ4n) is 5.90. The minimum absolute atomic E-state index is 0. The van der Waals surface area contributed by atoms with Gasteiger partial charge in [0.25, 0.3) is 0 Å². The monoisotopic (exact) mass is 1090 g/mol. The molecule has 71 heavy (non-hydrogen) atoms. The molecule has 5 aromatic heterocycles. The number of halogens is 2. The quantitative estimate of drug-likeness (QED) is 0.0574. The highest BCUT2D eigenvalue weighted by Crippen LogP contribution is 2.29. The summed E-state index contributed by atoms with van der Waals surface area (Å²) < 4.78 is 11.1. The highest BCUT2D eigenvalue weighted by atomic mass is 35.5. The van der Waals surface area contributed by atoms with Crippen molar-refractivity contribution >= 4 is 88.2 Å². The lowest BCUT2D eigenvalue weighted by Crippen LogP contribution is -2.38. The van der Waals surface area contributed by atoms with Crippen LogP contribution in [-0.2, 0) is 30.4 Å². The summed E-state index contributed by atoms with van der Waals surface area (Å²) >= 11 is 12.0. The average Bonchev–Trinajstić information content (AvgIpc) is 3.78. The summed E-state index contributed by atoms with van der Waals surface area (Å²) in [6, 6.07) is 7.92. The van der Waals surface area contributed by atoms with E-state index in [0.717, 1.165) is 105 Å². The lowest BCUT2D eigenvalue weighted by Gasteiger charge is -2.26. The molecule has 0 saturated carbocycles. The van der Waals surface area contributed by atoms with E-state index in [1.807, 2.05) is 107 Å². The lowest BCUT2D eigenvalue weighted by atomic mass is 9.83. The number of hydrogen-bond acceptors (Lipinski definition) is 17. The Morgan fingerprint density at radius 3 is 1.37 bits per heavy atom. The molecule has 0 atom stereocenters. The van der Waals surface area contributed by atoms with Gasteiger partial charge in [0, 0.05) is 101 Å². The topological polar surface area (TPSA) is 193 Å². The second-order valence-electron chi connectivity index (χ2n) is 19.6. The molecule has 0 aliphatic rings. The molecule has 0 aliphatic heterocycles. The fraction of sp³-hybridized carbons (Fsp3) is 0.529. The minimum Gasteiger partial charge on any atom is -0.444 e. The Bertz CT molecular complexity index is 2370. The summed E-state index contributed by atoms with van der Waals surface area (Å²) in [4.78, 5) is 54.3. The van der Waals surface area contributed by atoms with Gasteiger partial charge in [0.15, 0.2) is 11.5 Å². The fourth-order valence-corrected chi connectivity index (χ4v) is 7.26. The molecule has 0 unspecified atom stereocenters. The van der Waals surface area contributed by atoms with Crippen molar-refractivity contribution in [2.45, 2.75) is 139 Å². The summed E-state index contributed by atoms with van der Waals surface area (Å²) in [5, 5.41) is 3.13. The van der Waals surface area contributed by atoms with Crippen LogP contribution in [0.5, 0.6) is 0 Å². The van der Waals surface area contributed by atoms with Crippen molar-refractivity contribution in [3.63, 3.8) is 0 Å². The van der Waals surface area contributed by atoms with Crippen LogP contribution in [0.15, 0.2) is 97.8 Å². The van der Waals surface area contributed by atoms with Gasteiger partial charge >= 0.3 is 6.09 Å². The predicted molar refractivity (Wildman–Crippen MR) is 299 cm³/mol. The van der Waals surface area contributed by atoms with Gasteiger partial charge < -0.3 is 20.2 Å². The summed E-state index contributed by atoms with van der Waals surface area (Å²) in [6.07, 6.45) is 29.7. The van der Waals surface area contributed by atoms with E-state index in [1.54, 1.807) is 59.4 Å². The van der Waals surface area contributed by atoms with Gasteiger partial charge in [-0.15, -0.1) is 59.5 Å². The Hall–Kier alpha value is -3.78. The molecule has 14 nitrogen and oxygen atoms in total. The van der Waals surface area contributed by atoms with E-state index >= 15 is 0 Å². The molecule has 20 heteroatoms. The molecule has 3 N–H and O–H groups in total. The van der Waals surface area contributed by atoms with Crippen molar-refractivity contribution < 1.29 is 13.9 Å². The first kappa shape index (κ1) is 63.3. The number of aryl methyl sites for hydroxylation is 4. The maximum Gasteiger partial charge on any atom is 0.407 e. The summed E-state index contributed by atoms with van der Waals surface area (Å²) in [5.41, 5.74) is 7.34. The van der Waals surface area contributed by atoms with Crippen LogP contribution >= 0.6 is 71.1 Å². The van der Waals surface area contributed by atoms with Crippen LogP contribution in [0.3, 0.4) is 0 Å². The average molecular weight is 1090 g/mol. The Kier molecular flexibility index (Phi) is 28.3. The van der Waals surface area contributed by atoms with E-state index in [2.05, 4.69) is 91.7 Å². The number of nitrogens with one attached hydrogen (secondary N) is 1. The highest BCUT2D eigenvalue weighted by molar-refractivity contribution is 7.99. The smallest absolute Gasteiger partial charge is 0.407 e. The zero-order valence-electron chi connectivity index (χ0n) is 43.7. The molecular weight excluding hydrogens is 1010 g/mol. The zero-order chi connectivity index (χ0) is 51.8. The van der Waals surface area contributed by atoms with E-state index < -0.39 is 5.60 Å². The van der Waals surface area contributed by atoms with Gasteiger partial charge in [0.05, 0.1) is 0 Å². The number of rotatable bonds is 19. The molecule has 5 heterocycles. The molecule has 0 spiro atoms. The molecule has 0 radical (unpaired) electrons. The van der Waals surface area contributed by atoms with E-state index in [-0.39, 0.29) is 34.7 Å². The molecule has 0 bridgehead atoms. The van der Waals surface area contributed by atoms with Gasteiger partial charge in [-0.3, -0.25) is 0 Å². The van der Waals surface area contributed by atoms with Gasteiger partial charge in [0.2, 0.25) is 5.28 Å². The van der Waals surface area contributed by atoms with Crippen LogP contribution in [0.25, 0.3) is 11.1 Å². The largest absolute Gasteiger partial charge is 0.444 e. The highest BCUT2D eigenvalue weighted by Gasteiger charge is 2.23. The first-order valence-corrected chi connectivity index (χ1v) is 28.4. The van der Waals surface area contributed by atoms with Crippen LogP contribution in [0.1, 0.15) is 111 Å². The number of fused-ring (bicyclic) bond motifs is 1. The number of nitrogens with two attached hydrogens (primary N) is 1. The number of para-hydroxylation sites is 2. The van der Waals surface area contributed by atoms with Crippen molar-refractivity contribution in [3.8, 4) is 0 Å². The van der Waals surface area contributed by atoms with Crippen molar-refractivity contribution in [1.29, 1.82) is 0 Å². The van der Waals surface area contributed by atoms with Crippen LogP contribution in [0, 0.1) is 16.2 Å². The van der Waals surface area contributed by atoms with Crippen molar-refractivity contribution in [3.05, 3.63) is 102 Å². The number of benzene rings is 1. The predicted octanol–water partition coefficient (Wildman–Crippen LogP) is 13.0. The molecule has 1 amide bonds. The molecule has 0 aliphatic carbocycles. The molecule has 0 fully saturated rings. The zero-order valence-corrected chi connectivity index (χ0v) is 48.6. The summed E-state index contributed by atoms with van der Waals surface area (Å²) in [6.45, 7) is 20.0. The standard InChI is InChI=1S/C19H23N3OS.C16H27N3O2S.C11H19N3S.C5H5ClN2S.ClH/c1-19(2,10-8-17-20-12-14(24-3)13-21-17)11-9-18-22-15-6-4-5-7-16(15)23-18;1-15(2,3)21-14(20)19-11-16(4,5)8-7-13-17-9-12(22-6)10-18-13;1-11(2,8-12)5-4-10-13-6-9(15-3)7-14-10;1-9-4-2-7-5(6)8-3-4;/h4-7,12-13H,8-11H2,1-3H3;9-10H,7-8,11H2,1-6H3,(H,19,20);6-7H,4-5,8,12H2,1-3H3;2-3H,1H3;1H. The first-order chi connectivity index (χ1) is 33.1. The lowest BCUT2D eigenvalue weighted by molar-refractivity contribution is 0.0504. The second kappa shape index (κ2) is 31.7. The van der Waals surface area contributed by atoms with E-state index in [9.17, 15) is 4.79 Å². The number of ether oxygens (including phenoxy) is 1. The molecule has 1 aromatic carbocycles. The van der Waals surface area contributed by atoms with Gasteiger partial charge in [-0.05, 0) is 118 Å². The Morgan fingerprint density at radius 2 is 0.972 bits per heavy atom. The van der Waals surface area contributed by atoms with Crippen LogP contribution < -0.4 is 11.1 Å². The summed E-state index contributed by atoms with van der Waals surface area (Å²) in [7, 11) is 0. The number of oxazole rings is 1. The van der Waals surface area contributed by atoms with Crippen LogP contribution in [-0.4, -0.2) is 94.7 Å². The number of thioether (sulfide) groups is 4. The number of aromatic nitrogens is 9. The molecule has 6 aromatic rings. The number of alkyl carbamates (subject to hydrolysis) is 1. The van der Waals surface area contributed by atoms with E-state index in [4.69, 9.17) is 26.5 Å². The van der Waals surface area contributed by atoms with Gasteiger partial charge in [-0.1, -0.05) is 53.7 Å². The third-order valence-electron chi connectivity index (χ3n) is 10.7. The molecular formula is C51H75Cl2N11O3S4. The van der Waals surface area contributed by atoms with Crippen LogP contribution in [0.4, 0.5) is 4.79 Å². The van der Waals surface area contributed by atoms with Gasteiger partial charge in [0.1, 0.15) is 28.6 Å². The molecule has 390 valence electrons. The van der Waals surface area contributed by atoms with Gasteiger partial charge in [-0.25, -0.2) is 49.7 Å². The van der Waals surface area contributed by atoms with E-state index in [1.165, 1.54) is 0 Å². The minimum atomic E-state index is -0.471. The maximum atomic E-state index is 11.7. The normalized spacial score (nSPS) is 11.5. The molecule has 6 rings (SSSR count). The maximum absolute atomic E-state index is 11.7. The number of amides is 1.